The van der Waals surface area contributed by atoms with Crippen LogP contribution in [-0.4, -0.2) is 6.61 Å². The normalized spacial score (nSPS) is 14.6. The van der Waals surface area contributed by atoms with E-state index in [1.165, 1.54) is 11.1 Å². The lowest BCUT2D eigenvalue weighted by Gasteiger charge is -2.16. The fourth-order valence-electron chi connectivity index (χ4n) is 2.61. The van der Waals surface area contributed by atoms with Gasteiger partial charge in [-0.3, -0.25) is 0 Å². The van der Waals surface area contributed by atoms with Crippen molar-refractivity contribution in [1.82, 2.24) is 5.32 Å². The van der Waals surface area contributed by atoms with E-state index in [4.69, 9.17) is 16.3 Å². The van der Waals surface area contributed by atoms with Crippen molar-refractivity contribution >= 4 is 27.5 Å². The number of nitrogens with one attached hydrogen (secondary N) is 1. The van der Waals surface area contributed by atoms with Gasteiger partial charge in [0.25, 0.3) is 0 Å². The Balaban J connectivity index is 1.72. The van der Waals surface area contributed by atoms with Gasteiger partial charge >= 0.3 is 0 Å². The molecule has 0 radical (unpaired) electrons. The zero-order valence-corrected chi connectivity index (χ0v) is 14.2. The van der Waals surface area contributed by atoms with Crippen LogP contribution in [0.4, 0.5) is 0 Å². The smallest absolute Gasteiger partial charge is 0.127 e. The van der Waals surface area contributed by atoms with Crippen molar-refractivity contribution in [2.24, 2.45) is 0 Å². The summed E-state index contributed by atoms with van der Waals surface area (Å²) < 4.78 is 6.83. The summed E-state index contributed by atoms with van der Waals surface area (Å²) in [4.78, 5) is 0. The molecular weight excluding hydrogens is 350 g/mol. The van der Waals surface area contributed by atoms with E-state index in [-0.39, 0.29) is 6.04 Å². The van der Waals surface area contributed by atoms with Gasteiger partial charge < -0.3 is 10.1 Å². The van der Waals surface area contributed by atoms with Crippen LogP contribution in [0.3, 0.4) is 0 Å². The third-order valence-electron chi connectivity index (χ3n) is 3.79. The number of hydrogen-bond acceptors (Lipinski definition) is 2. The molecule has 1 atom stereocenters. The number of benzene rings is 2. The van der Waals surface area contributed by atoms with Gasteiger partial charge in [-0.1, -0.05) is 39.7 Å². The first-order chi connectivity index (χ1) is 10.1. The molecule has 1 aliphatic heterocycles. The summed E-state index contributed by atoms with van der Waals surface area (Å²) in [5.74, 6) is 1.01. The van der Waals surface area contributed by atoms with Gasteiger partial charge in [-0.15, -0.1) is 0 Å². The summed E-state index contributed by atoms with van der Waals surface area (Å²) in [5, 5.41) is 4.32. The molecule has 0 aliphatic carbocycles. The minimum Gasteiger partial charge on any atom is -0.493 e. The topological polar surface area (TPSA) is 21.3 Å². The molecule has 4 heteroatoms. The van der Waals surface area contributed by atoms with Gasteiger partial charge in [0.1, 0.15) is 5.75 Å². The molecule has 21 heavy (non-hydrogen) atoms. The zero-order chi connectivity index (χ0) is 14.8. The molecule has 0 saturated heterocycles. The lowest BCUT2D eigenvalue weighted by atomic mass is 10.1. The maximum Gasteiger partial charge on any atom is 0.127 e. The molecule has 0 spiro atoms. The standard InChI is InChI=1S/C17H17BrClNO/c1-11(12-2-4-15(18)5-3-12)20-10-14-9-16(19)8-13-6-7-21-17(13)14/h2-5,8-9,11,20H,6-7,10H2,1H3/t11-/m0/s1. The summed E-state index contributed by atoms with van der Waals surface area (Å²) in [7, 11) is 0. The number of rotatable bonds is 4. The van der Waals surface area contributed by atoms with E-state index in [2.05, 4.69) is 52.4 Å². The summed E-state index contributed by atoms with van der Waals surface area (Å²) in [6.07, 6.45) is 0.950. The van der Waals surface area contributed by atoms with Gasteiger partial charge in [0, 0.05) is 34.1 Å². The van der Waals surface area contributed by atoms with Crippen LogP contribution in [0.25, 0.3) is 0 Å². The average Bonchev–Trinajstić information content (AvgIpc) is 2.93. The summed E-state index contributed by atoms with van der Waals surface area (Å²) >= 11 is 9.65. The second kappa shape index (κ2) is 6.39. The van der Waals surface area contributed by atoms with Crippen LogP contribution < -0.4 is 10.1 Å². The molecule has 1 heterocycles. The van der Waals surface area contributed by atoms with E-state index in [9.17, 15) is 0 Å². The van der Waals surface area contributed by atoms with Crippen molar-refractivity contribution in [3.8, 4) is 5.75 Å². The van der Waals surface area contributed by atoms with Crippen LogP contribution in [0.5, 0.6) is 5.75 Å². The first-order valence-corrected chi connectivity index (χ1v) is 8.23. The van der Waals surface area contributed by atoms with Crippen molar-refractivity contribution in [1.29, 1.82) is 0 Å². The first kappa shape index (κ1) is 14.9. The molecule has 2 aromatic carbocycles. The molecule has 3 rings (SSSR count). The van der Waals surface area contributed by atoms with E-state index >= 15 is 0 Å². The third-order valence-corrected chi connectivity index (χ3v) is 4.54. The molecule has 0 fully saturated rings. The van der Waals surface area contributed by atoms with E-state index in [1.807, 2.05) is 12.1 Å². The molecule has 1 N–H and O–H groups in total. The van der Waals surface area contributed by atoms with Gasteiger partial charge in [-0.05, 0) is 42.3 Å². The minimum atomic E-state index is 0.272. The Morgan fingerprint density at radius 3 is 2.81 bits per heavy atom. The van der Waals surface area contributed by atoms with Crippen LogP contribution in [0.1, 0.15) is 29.7 Å². The molecule has 0 amide bonds. The van der Waals surface area contributed by atoms with E-state index < -0.39 is 0 Å². The predicted molar refractivity (Wildman–Crippen MR) is 90.0 cm³/mol. The zero-order valence-electron chi connectivity index (χ0n) is 11.8. The molecule has 0 bridgehead atoms. The van der Waals surface area contributed by atoms with E-state index in [0.29, 0.717) is 0 Å². The molecule has 1 aliphatic rings. The number of ether oxygens (including phenoxy) is 1. The molecule has 0 unspecified atom stereocenters. The summed E-state index contributed by atoms with van der Waals surface area (Å²) in [6.45, 7) is 3.67. The van der Waals surface area contributed by atoms with Gasteiger partial charge in [0.15, 0.2) is 0 Å². The minimum absolute atomic E-state index is 0.272. The van der Waals surface area contributed by atoms with Crippen LogP contribution in [0.2, 0.25) is 5.02 Å². The fourth-order valence-corrected chi connectivity index (χ4v) is 3.14. The van der Waals surface area contributed by atoms with Crippen LogP contribution >= 0.6 is 27.5 Å². The van der Waals surface area contributed by atoms with Crippen molar-refractivity contribution in [3.05, 3.63) is 62.6 Å². The number of fused-ring (bicyclic) bond motifs is 1. The predicted octanol–water partition coefficient (Wildman–Crippen LogP) is 4.89. The first-order valence-electron chi connectivity index (χ1n) is 7.06. The quantitative estimate of drug-likeness (QED) is 0.832. The highest BCUT2D eigenvalue weighted by atomic mass is 79.9. The third kappa shape index (κ3) is 3.42. The van der Waals surface area contributed by atoms with Crippen molar-refractivity contribution in [3.63, 3.8) is 0 Å². The molecule has 0 aromatic heterocycles. The maximum absolute atomic E-state index is 6.19. The number of halogens is 2. The molecule has 2 aromatic rings. The maximum atomic E-state index is 6.19. The van der Waals surface area contributed by atoms with Gasteiger partial charge in [-0.2, -0.15) is 0 Å². The molecule has 2 nitrogen and oxygen atoms in total. The average molecular weight is 367 g/mol. The monoisotopic (exact) mass is 365 g/mol. The van der Waals surface area contributed by atoms with Crippen LogP contribution in [0, 0.1) is 0 Å². The molecule has 110 valence electrons. The second-order valence-corrected chi connectivity index (χ2v) is 6.66. The Labute approximate surface area is 138 Å². The summed E-state index contributed by atoms with van der Waals surface area (Å²) in [5.41, 5.74) is 3.62. The second-order valence-electron chi connectivity index (χ2n) is 5.31. The Morgan fingerprint density at radius 2 is 2.05 bits per heavy atom. The fraction of sp³-hybridized carbons (Fsp3) is 0.294. The highest BCUT2D eigenvalue weighted by molar-refractivity contribution is 9.10. The van der Waals surface area contributed by atoms with Crippen molar-refractivity contribution < 1.29 is 4.74 Å². The largest absolute Gasteiger partial charge is 0.493 e. The SMILES string of the molecule is C[C@H](NCc1cc(Cl)cc2c1OCC2)c1ccc(Br)cc1. The van der Waals surface area contributed by atoms with Crippen LogP contribution in [-0.2, 0) is 13.0 Å². The lowest BCUT2D eigenvalue weighted by molar-refractivity contribution is 0.351. The van der Waals surface area contributed by atoms with Crippen LogP contribution in [0.15, 0.2) is 40.9 Å². The molecular formula is C17H17BrClNO. The highest BCUT2D eigenvalue weighted by Gasteiger charge is 2.18. The van der Waals surface area contributed by atoms with Gasteiger partial charge in [0.2, 0.25) is 0 Å². The van der Waals surface area contributed by atoms with Crippen molar-refractivity contribution in [2.75, 3.05) is 6.61 Å². The lowest BCUT2D eigenvalue weighted by Crippen LogP contribution is -2.18. The van der Waals surface area contributed by atoms with E-state index in [1.54, 1.807) is 0 Å². The Bertz CT molecular complexity index is 642. The Kier molecular flexibility index (Phi) is 4.53. The van der Waals surface area contributed by atoms with Gasteiger partial charge in [0.05, 0.1) is 6.61 Å². The Morgan fingerprint density at radius 1 is 1.29 bits per heavy atom. The molecule has 0 saturated carbocycles. The van der Waals surface area contributed by atoms with Crippen molar-refractivity contribution in [2.45, 2.75) is 25.9 Å². The van der Waals surface area contributed by atoms with E-state index in [0.717, 1.165) is 40.4 Å². The highest BCUT2D eigenvalue weighted by Crippen LogP contribution is 2.33. The van der Waals surface area contributed by atoms with Gasteiger partial charge in [-0.25, -0.2) is 0 Å². The number of hydrogen-bond donors (Lipinski definition) is 1. The summed E-state index contributed by atoms with van der Waals surface area (Å²) in [6, 6.07) is 12.6. The Hall–Kier alpha value is -1.03.